The van der Waals surface area contributed by atoms with Crippen molar-refractivity contribution in [3.05, 3.63) is 0 Å². The zero-order valence-electron chi connectivity index (χ0n) is 10.6. The normalized spacial score (nSPS) is 18.1. The largest absolute Gasteiger partial charge is 0.343 e. The molecule has 0 saturated carbocycles. The number of amides is 1. The Balaban J connectivity index is 2.24. The van der Waals surface area contributed by atoms with E-state index in [1.54, 1.807) is 0 Å². The van der Waals surface area contributed by atoms with E-state index < -0.39 is 0 Å². The van der Waals surface area contributed by atoms with Gasteiger partial charge in [0.15, 0.2) is 0 Å². The molecular weight excluding hydrogens is 202 g/mol. The molecule has 0 spiro atoms. The van der Waals surface area contributed by atoms with E-state index in [0.29, 0.717) is 18.4 Å². The van der Waals surface area contributed by atoms with Gasteiger partial charge in [-0.05, 0) is 25.9 Å². The van der Waals surface area contributed by atoms with Crippen LogP contribution in [0.5, 0.6) is 0 Å². The van der Waals surface area contributed by atoms with Gasteiger partial charge in [0, 0.05) is 32.1 Å². The molecule has 0 aromatic carbocycles. The zero-order valence-corrected chi connectivity index (χ0v) is 10.6. The number of rotatable bonds is 5. The van der Waals surface area contributed by atoms with Gasteiger partial charge in [0.05, 0.1) is 0 Å². The van der Waals surface area contributed by atoms with Crippen molar-refractivity contribution in [2.45, 2.75) is 39.2 Å². The summed E-state index contributed by atoms with van der Waals surface area (Å²) in [4.78, 5) is 16.1. The molecule has 1 aliphatic rings. The number of hydrogen-bond donors (Lipinski definition) is 1. The average molecular weight is 227 g/mol. The molecule has 0 aliphatic carbocycles. The average Bonchev–Trinajstić information content (AvgIpc) is 2.31. The molecule has 2 N–H and O–H groups in total. The number of likely N-dealkylation sites (tertiary alicyclic amines) is 1. The molecule has 1 rings (SSSR count). The van der Waals surface area contributed by atoms with Crippen LogP contribution in [0.4, 0.5) is 0 Å². The Hall–Kier alpha value is -0.610. The van der Waals surface area contributed by atoms with Gasteiger partial charge in [0.2, 0.25) is 5.91 Å². The monoisotopic (exact) mass is 227 g/mol. The van der Waals surface area contributed by atoms with Gasteiger partial charge in [-0.25, -0.2) is 0 Å². The first kappa shape index (κ1) is 13.5. The van der Waals surface area contributed by atoms with Gasteiger partial charge in [-0.15, -0.1) is 0 Å². The second-order valence-electron chi connectivity index (χ2n) is 4.50. The minimum absolute atomic E-state index is 0.291. The molecule has 0 aromatic heterocycles. The van der Waals surface area contributed by atoms with Crippen LogP contribution in [0.3, 0.4) is 0 Å². The van der Waals surface area contributed by atoms with Crippen molar-refractivity contribution in [2.75, 3.05) is 32.7 Å². The molecule has 16 heavy (non-hydrogen) atoms. The van der Waals surface area contributed by atoms with Gasteiger partial charge < -0.3 is 15.5 Å². The molecule has 0 atom stereocenters. The highest BCUT2D eigenvalue weighted by Gasteiger charge is 2.20. The molecule has 1 heterocycles. The Labute approximate surface area is 98.8 Å². The van der Waals surface area contributed by atoms with Gasteiger partial charge >= 0.3 is 0 Å². The summed E-state index contributed by atoms with van der Waals surface area (Å²) in [6.07, 6.45) is 2.56. The second kappa shape index (κ2) is 6.86. The first-order valence-electron chi connectivity index (χ1n) is 6.43. The molecule has 4 heteroatoms. The molecule has 1 fully saturated rings. The molecule has 0 aromatic rings. The fourth-order valence-corrected chi connectivity index (χ4v) is 2.10. The highest BCUT2D eigenvalue weighted by Crippen LogP contribution is 2.09. The van der Waals surface area contributed by atoms with E-state index in [-0.39, 0.29) is 0 Å². The number of carbonyl (C=O) groups is 1. The Bertz CT molecular complexity index is 208. The fraction of sp³-hybridized carbons (Fsp3) is 0.917. The van der Waals surface area contributed by atoms with Gasteiger partial charge in [-0.1, -0.05) is 13.8 Å². The lowest BCUT2D eigenvalue weighted by atomic mass is 10.1. The van der Waals surface area contributed by atoms with E-state index in [9.17, 15) is 4.79 Å². The summed E-state index contributed by atoms with van der Waals surface area (Å²) in [5, 5.41) is 0. The smallest absolute Gasteiger partial charge is 0.223 e. The predicted molar refractivity (Wildman–Crippen MR) is 66.2 cm³/mol. The molecule has 0 radical (unpaired) electrons. The maximum Gasteiger partial charge on any atom is 0.223 e. The van der Waals surface area contributed by atoms with Crippen LogP contribution in [0.2, 0.25) is 0 Å². The summed E-state index contributed by atoms with van der Waals surface area (Å²) < 4.78 is 0. The number of carbonyl (C=O) groups excluding carboxylic acids is 1. The van der Waals surface area contributed by atoms with Crippen molar-refractivity contribution >= 4 is 5.91 Å². The van der Waals surface area contributed by atoms with Crippen LogP contribution >= 0.6 is 0 Å². The van der Waals surface area contributed by atoms with E-state index in [0.717, 1.165) is 45.6 Å². The highest BCUT2D eigenvalue weighted by atomic mass is 16.2. The lowest BCUT2D eigenvalue weighted by Crippen LogP contribution is -2.43. The van der Waals surface area contributed by atoms with Crippen molar-refractivity contribution in [1.82, 2.24) is 9.80 Å². The van der Waals surface area contributed by atoms with Crippen LogP contribution < -0.4 is 5.73 Å². The highest BCUT2D eigenvalue weighted by molar-refractivity contribution is 5.76. The van der Waals surface area contributed by atoms with Crippen LogP contribution in [0.15, 0.2) is 0 Å². The van der Waals surface area contributed by atoms with E-state index in [1.165, 1.54) is 0 Å². The minimum Gasteiger partial charge on any atom is -0.343 e. The van der Waals surface area contributed by atoms with Crippen LogP contribution in [-0.4, -0.2) is 54.5 Å². The third-order valence-corrected chi connectivity index (χ3v) is 3.43. The maximum absolute atomic E-state index is 11.9. The van der Waals surface area contributed by atoms with E-state index >= 15 is 0 Å². The third kappa shape index (κ3) is 4.10. The summed E-state index contributed by atoms with van der Waals surface area (Å²) in [6.45, 7) is 8.88. The van der Waals surface area contributed by atoms with Crippen LogP contribution in [0.1, 0.15) is 33.1 Å². The van der Waals surface area contributed by atoms with E-state index in [2.05, 4.69) is 18.7 Å². The molecule has 0 unspecified atom stereocenters. The summed E-state index contributed by atoms with van der Waals surface area (Å²) in [6, 6.07) is 0.298. The summed E-state index contributed by atoms with van der Waals surface area (Å²) in [5.41, 5.74) is 5.82. The summed E-state index contributed by atoms with van der Waals surface area (Å²) in [5.74, 6) is 0.291. The molecule has 1 amide bonds. The van der Waals surface area contributed by atoms with Gasteiger partial charge in [0.25, 0.3) is 0 Å². The second-order valence-corrected chi connectivity index (χ2v) is 4.50. The lowest BCUT2D eigenvalue weighted by molar-refractivity contribution is -0.132. The molecule has 1 saturated heterocycles. The van der Waals surface area contributed by atoms with Crippen LogP contribution in [0.25, 0.3) is 0 Å². The van der Waals surface area contributed by atoms with Crippen molar-refractivity contribution in [2.24, 2.45) is 5.73 Å². The Morgan fingerprint density at radius 2 is 1.88 bits per heavy atom. The van der Waals surface area contributed by atoms with E-state index in [4.69, 9.17) is 5.73 Å². The van der Waals surface area contributed by atoms with Gasteiger partial charge in [-0.2, -0.15) is 0 Å². The quantitative estimate of drug-likeness (QED) is 0.751. The zero-order chi connectivity index (χ0) is 12.0. The molecule has 94 valence electrons. The molecule has 1 aliphatic heterocycles. The number of hydrogen-bond acceptors (Lipinski definition) is 3. The third-order valence-electron chi connectivity index (χ3n) is 3.43. The number of piperidine rings is 1. The standard InChI is InChI=1S/C12H25N3O/c1-3-14(4-2)8-7-12(16)15-9-5-11(13)6-10-15/h11H,3-10,13H2,1-2H3. The van der Waals surface area contributed by atoms with Crippen molar-refractivity contribution < 1.29 is 4.79 Å². The molecular formula is C12H25N3O. The SMILES string of the molecule is CCN(CC)CCC(=O)N1CCC(N)CC1. The van der Waals surface area contributed by atoms with Crippen LogP contribution in [-0.2, 0) is 4.79 Å². The van der Waals surface area contributed by atoms with E-state index in [1.807, 2.05) is 4.90 Å². The van der Waals surface area contributed by atoms with Crippen molar-refractivity contribution in [3.63, 3.8) is 0 Å². The lowest BCUT2D eigenvalue weighted by Gasteiger charge is -2.30. The first-order chi connectivity index (χ1) is 7.67. The summed E-state index contributed by atoms with van der Waals surface area (Å²) >= 11 is 0. The number of nitrogens with zero attached hydrogens (tertiary/aromatic N) is 2. The first-order valence-corrected chi connectivity index (χ1v) is 6.43. The maximum atomic E-state index is 11.9. The Morgan fingerprint density at radius 1 is 1.31 bits per heavy atom. The summed E-state index contributed by atoms with van der Waals surface area (Å²) in [7, 11) is 0. The Morgan fingerprint density at radius 3 is 2.38 bits per heavy atom. The van der Waals surface area contributed by atoms with Crippen LogP contribution in [0, 0.1) is 0 Å². The molecule has 0 bridgehead atoms. The Kier molecular flexibility index (Phi) is 5.77. The van der Waals surface area contributed by atoms with Crippen molar-refractivity contribution in [1.29, 1.82) is 0 Å². The van der Waals surface area contributed by atoms with Gasteiger partial charge in [-0.3, -0.25) is 4.79 Å². The predicted octanol–water partition coefficient (Wildman–Crippen LogP) is 0.668. The minimum atomic E-state index is 0.291. The van der Waals surface area contributed by atoms with Crippen molar-refractivity contribution in [3.8, 4) is 0 Å². The van der Waals surface area contributed by atoms with Gasteiger partial charge in [0.1, 0.15) is 0 Å². The fourth-order valence-electron chi connectivity index (χ4n) is 2.10. The number of nitrogens with two attached hydrogens (primary N) is 1. The topological polar surface area (TPSA) is 49.6 Å². The molecule has 4 nitrogen and oxygen atoms in total.